The maximum absolute atomic E-state index is 12.2. The molecule has 0 bridgehead atoms. The quantitative estimate of drug-likeness (QED) is 0.873. The molecule has 0 spiro atoms. The van der Waals surface area contributed by atoms with Crippen LogP contribution < -0.4 is 9.46 Å². The molecule has 0 radical (unpaired) electrons. The van der Waals surface area contributed by atoms with Gasteiger partial charge < -0.3 is 4.74 Å². The van der Waals surface area contributed by atoms with Crippen molar-refractivity contribution >= 4 is 37.3 Å². The monoisotopic (exact) mass is 388 g/mol. The van der Waals surface area contributed by atoms with Crippen molar-refractivity contribution in [2.75, 3.05) is 6.61 Å². The Balaban J connectivity index is 1.82. The lowest BCUT2D eigenvalue weighted by Gasteiger charge is -2.10. The molecular weight excluding hydrogens is 376 g/mol. The number of rotatable bonds is 4. The second-order valence-electron chi connectivity index (χ2n) is 4.67. The Hall–Kier alpha value is -0.960. The van der Waals surface area contributed by atoms with E-state index in [1.54, 1.807) is 6.92 Å². The van der Waals surface area contributed by atoms with Gasteiger partial charge in [-0.15, -0.1) is 11.3 Å². The Kier molecular flexibility index (Phi) is 4.04. The average Bonchev–Trinajstić information content (AvgIpc) is 3.04. The topological polar surface area (TPSA) is 68.3 Å². The number of hydrogen-bond acceptors (Lipinski definition) is 5. The summed E-state index contributed by atoms with van der Waals surface area (Å²) in [7, 11) is -3.53. The zero-order valence-electron chi connectivity index (χ0n) is 11.2. The third-order valence-corrected chi connectivity index (χ3v) is 6.38. The predicted octanol–water partition coefficient (Wildman–Crippen LogP) is 2.63. The van der Waals surface area contributed by atoms with Crippen LogP contribution in [0.3, 0.4) is 0 Å². The molecule has 2 heterocycles. The van der Waals surface area contributed by atoms with Gasteiger partial charge in [-0.05, 0) is 24.6 Å². The zero-order valence-corrected chi connectivity index (χ0v) is 14.4. The third kappa shape index (κ3) is 3.13. The summed E-state index contributed by atoms with van der Waals surface area (Å²) >= 11 is 4.60. The van der Waals surface area contributed by atoms with Crippen molar-refractivity contribution in [2.45, 2.75) is 24.1 Å². The van der Waals surface area contributed by atoms with Gasteiger partial charge in [-0.2, -0.15) is 0 Å². The normalized spacial score (nSPS) is 14.0. The third-order valence-electron chi connectivity index (χ3n) is 3.14. The van der Waals surface area contributed by atoms with Gasteiger partial charge in [0.05, 0.1) is 17.8 Å². The molecule has 0 saturated carbocycles. The van der Waals surface area contributed by atoms with Crippen LogP contribution >= 0.6 is 27.3 Å². The van der Waals surface area contributed by atoms with E-state index in [4.69, 9.17) is 4.74 Å². The first-order valence-corrected chi connectivity index (χ1v) is 9.41. The number of benzene rings is 1. The molecule has 0 unspecified atom stereocenters. The summed E-state index contributed by atoms with van der Waals surface area (Å²) in [5, 5.41) is 0.724. The molecule has 0 amide bonds. The number of fused-ring (bicyclic) bond motifs is 1. The second-order valence-corrected chi connectivity index (χ2v) is 8.82. The van der Waals surface area contributed by atoms with E-state index >= 15 is 0 Å². The van der Waals surface area contributed by atoms with E-state index in [0.29, 0.717) is 6.61 Å². The number of ether oxygens (including phenoxy) is 1. The SMILES string of the molecule is Cc1ncc(S(=O)(=O)NCc2cc(Br)cc3c2OCC3)s1. The highest BCUT2D eigenvalue weighted by atomic mass is 79.9. The van der Waals surface area contributed by atoms with E-state index in [9.17, 15) is 8.42 Å². The molecule has 1 N–H and O–H groups in total. The number of halogens is 1. The number of hydrogen-bond donors (Lipinski definition) is 1. The Morgan fingerprint density at radius 2 is 2.29 bits per heavy atom. The lowest BCUT2D eigenvalue weighted by atomic mass is 10.1. The predicted molar refractivity (Wildman–Crippen MR) is 84.2 cm³/mol. The fourth-order valence-electron chi connectivity index (χ4n) is 2.19. The fourth-order valence-corrected chi connectivity index (χ4v) is 4.90. The van der Waals surface area contributed by atoms with E-state index in [-0.39, 0.29) is 10.8 Å². The van der Waals surface area contributed by atoms with Gasteiger partial charge in [-0.3, -0.25) is 0 Å². The first kappa shape index (κ1) is 15.0. The number of nitrogens with one attached hydrogen (secondary N) is 1. The van der Waals surface area contributed by atoms with Crippen LogP contribution in [0.25, 0.3) is 0 Å². The molecule has 5 nitrogen and oxygen atoms in total. The van der Waals surface area contributed by atoms with Gasteiger partial charge in [0.15, 0.2) is 4.21 Å². The highest BCUT2D eigenvalue weighted by Gasteiger charge is 2.21. The van der Waals surface area contributed by atoms with Gasteiger partial charge in [0.1, 0.15) is 5.75 Å². The number of aromatic nitrogens is 1. The summed E-state index contributed by atoms with van der Waals surface area (Å²) in [6, 6.07) is 3.89. The maximum atomic E-state index is 12.2. The first-order chi connectivity index (χ1) is 9.95. The van der Waals surface area contributed by atoms with Gasteiger partial charge >= 0.3 is 0 Å². The number of thiazole rings is 1. The molecule has 3 rings (SSSR count). The van der Waals surface area contributed by atoms with Crippen molar-refractivity contribution in [3.8, 4) is 5.75 Å². The summed E-state index contributed by atoms with van der Waals surface area (Å²) in [4.78, 5) is 3.98. The lowest BCUT2D eigenvalue weighted by molar-refractivity contribution is 0.353. The molecule has 1 aromatic heterocycles. The molecule has 0 atom stereocenters. The minimum Gasteiger partial charge on any atom is -0.493 e. The highest BCUT2D eigenvalue weighted by Crippen LogP contribution is 2.33. The van der Waals surface area contributed by atoms with E-state index in [1.807, 2.05) is 12.1 Å². The van der Waals surface area contributed by atoms with Crippen LogP contribution in [0.4, 0.5) is 0 Å². The van der Waals surface area contributed by atoms with Crippen LogP contribution in [-0.4, -0.2) is 20.0 Å². The van der Waals surface area contributed by atoms with Crippen molar-refractivity contribution in [2.24, 2.45) is 0 Å². The standard InChI is InChI=1S/C13H13BrN2O3S2/c1-8-15-7-12(20-8)21(17,18)16-6-10-5-11(14)4-9-2-3-19-13(9)10/h4-5,7,16H,2-3,6H2,1H3. The molecule has 1 aromatic carbocycles. The average molecular weight is 389 g/mol. The van der Waals surface area contributed by atoms with E-state index in [1.165, 1.54) is 6.20 Å². The Morgan fingerprint density at radius 3 is 3.00 bits per heavy atom. The van der Waals surface area contributed by atoms with Crippen LogP contribution in [0.1, 0.15) is 16.1 Å². The lowest BCUT2D eigenvalue weighted by Crippen LogP contribution is -2.22. The van der Waals surface area contributed by atoms with Crippen LogP contribution in [0, 0.1) is 6.92 Å². The van der Waals surface area contributed by atoms with Crippen LogP contribution in [-0.2, 0) is 23.0 Å². The summed E-state index contributed by atoms with van der Waals surface area (Å²) < 4.78 is 33.8. The molecule has 0 fully saturated rings. The van der Waals surface area contributed by atoms with E-state index in [0.717, 1.165) is 44.1 Å². The smallest absolute Gasteiger partial charge is 0.251 e. The van der Waals surface area contributed by atoms with Crippen molar-refractivity contribution < 1.29 is 13.2 Å². The number of nitrogens with zero attached hydrogens (tertiary/aromatic N) is 1. The molecule has 8 heteroatoms. The zero-order chi connectivity index (χ0) is 15.0. The van der Waals surface area contributed by atoms with E-state index < -0.39 is 10.0 Å². The minimum absolute atomic E-state index is 0.195. The van der Waals surface area contributed by atoms with Crippen molar-refractivity contribution in [3.05, 3.63) is 38.9 Å². The maximum Gasteiger partial charge on any atom is 0.251 e. The van der Waals surface area contributed by atoms with E-state index in [2.05, 4.69) is 25.6 Å². The minimum atomic E-state index is -3.53. The van der Waals surface area contributed by atoms with Crippen LogP contribution in [0.2, 0.25) is 0 Å². The Bertz CT molecular complexity index is 787. The molecule has 0 saturated heterocycles. The van der Waals surface area contributed by atoms with Gasteiger partial charge in [0.2, 0.25) is 0 Å². The molecule has 1 aliphatic rings. The van der Waals surface area contributed by atoms with Crippen molar-refractivity contribution in [3.63, 3.8) is 0 Å². The molecule has 0 aliphatic carbocycles. The Labute approximate surface area is 135 Å². The molecule has 1 aliphatic heterocycles. The second kappa shape index (κ2) is 5.68. The first-order valence-electron chi connectivity index (χ1n) is 6.32. The fraction of sp³-hybridized carbons (Fsp3) is 0.308. The number of sulfonamides is 1. The van der Waals surface area contributed by atoms with Gasteiger partial charge in [0, 0.05) is 23.0 Å². The summed E-state index contributed by atoms with van der Waals surface area (Å²) in [5.74, 6) is 0.793. The highest BCUT2D eigenvalue weighted by molar-refractivity contribution is 9.10. The summed E-state index contributed by atoms with van der Waals surface area (Å²) in [6.07, 6.45) is 2.23. The molecular formula is C13H13BrN2O3S2. The van der Waals surface area contributed by atoms with Gasteiger partial charge in [0.25, 0.3) is 10.0 Å². The Morgan fingerprint density at radius 1 is 1.48 bits per heavy atom. The molecule has 112 valence electrons. The van der Waals surface area contributed by atoms with Crippen LogP contribution in [0.15, 0.2) is 27.0 Å². The van der Waals surface area contributed by atoms with Gasteiger partial charge in [-0.25, -0.2) is 18.1 Å². The van der Waals surface area contributed by atoms with Crippen molar-refractivity contribution in [1.82, 2.24) is 9.71 Å². The van der Waals surface area contributed by atoms with Gasteiger partial charge in [-0.1, -0.05) is 15.9 Å². The summed E-state index contributed by atoms with van der Waals surface area (Å²) in [6.45, 7) is 2.61. The largest absolute Gasteiger partial charge is 0.493 e. The summed E-state index contributed by atoms with van der Waals surface area (Å²) in [5.41, 5.74) is 1.94. The molecule has 2 aromatic rings. The molecule has 21 heavy (non-hydrogen) atoms. The van der Waals surface area contributed by atoms with Crippen molar-refractivity contribution in [1.29, 1.82) is 0 Å². The van der Waals surface area contributed by atoms with Crippen LogP contribution in [0.5, 0.6) is 5.75 Å². The number of aryl methyl sites for hydroxylation is 1.